The van der Waals surface area contributed by atoms with Crippen molar-refractivity contribution in [3.63, 3.8) is 0 Å². The lowest BCUT2D eigenvalue weighted by molar-refractivity contribution is -0.0529. The van der Waals surface area contributed by atoms with Gasteiger partial charge in [-0.05, 0) is 32.6 Å². The van der Waals surface area contributed by atoms with Gasteiger partial charge < -0.3 is 14.2 Å². The van der Waals surface area contributed by atoms with E-state index in [-0.39, 0.29) is 5.60 Å². The molecule has 0 N–H and O–H groups in total. The van der Waals surface area contributed by atoms with Crippen molar-refractivity contribution >= 4 is 28.5 Å². The summed E-state index contributed by atoms with van der Waals surface area (Å²) in [5, 5.41) is 0.554. The van der Waals surface area contributed by atoms with Gasteiger partial charge >= 0.3 is 0 Å². The first-order chi connectivity index (χ1) is 10.5. The van der Waals surface area contributed by atoms with E-state index in [9.17, 15) is 0 Å². The molecule has 5 nitrogen and oxygen atoms in total. The van der Waals surface area contributed by atoms with Crippen LogP contribution in [0, 0.1) is 5.92 Å². The summed E-state index contributed by atoms with van der Waals surface area (Å²) in [6, 6.07) is 2.57. The quantitative estimate of drug-likeness (QED) is 0.758. The fraction of sp³-hybridized carbons (Fsp3) is 0.625. The molecule has 5 heterocycles. The highest BCUT2D eigenvalue weighted by atomic mass is 35.5. The minimum atomic E-state index is -0.367. The Labute approximate surface area is 134 Å². The van der Waals surface area contributed by atoms with Gasteiger partial charge in [-0.3, -0.25) is 0 Å². The van der Waals surface area contributed by atoms with E-state index in [1.807, 2.05) is 6.07 Å². The molecule has 22 heavy (non-hydrogen) atoms. The number of pyridine rings is 1. The summed E-state index contributed by atoms with van der Waals surface area (Å²) in [5.41, 5.74) is 1.70. The van der Waals surface area contributed by atoms with Crippen LogP contribution in [0.15, 0.2) is 6.07 Å². The van der Waals surface area contributed by atoms with Crippen molar-refractivity contribution < 1.29 is 4.74 Å². The highest BCUT2D eigenvalue weighted by Crippen LogP contribution is 2.45. The third-order valence-corrected chi connectivity index (χ3v) is 5.58. The van der Waals surface area contributed by atoms with Crippen molar-refractivity contribution in [2.24, 2.45) is 5.92 Å². The maximum absolute atomic E-state index is 6.32. The Bertz CT molecular complexity index is 778. The minimum absolute atomic E-state index is 0.367. The molecule has 3 fully saturated rings. The summed E-state index contributed by atoms with van der Waals surface area (Å²) in [4.78, 5) is 12.0. The second kappa shape index (κ2) is 4.15. The van der Waals surface area contributed by atoms with Crippen molar-refractivity contribution in [2.75, 3.05) is 18.1 Å². The first-order valence-corrected chi connectivity index (χ1v) is 8.38. The number of hydrogen-bond donors (Lipinski definition) is 0. The van der Waals surface area contributed by atoms with Gasteiger partial charge in [0.2, 0.25) is 0 Å². The molecule has 2 saturated heterocycles. The molecule has 116 valence electrons. The highest BCUT2D eigenvalue weighted by Gasteiger charge is 2.44. The first kappa shape index (κ1) is 13.1. The van der Waals surface area contributed by atoms with Crippen LogP contribution in [-0.4, -0.2) is 33.7 Å². The number of ether oxygens (including phenoxy) is 1. The Kier molecular flexibility index (Phi) is 2.48. The van der Waals surface area contributed by atoms with Gasteiger partial charge in [0.05, 0.1) is 12.1 Å². The molecule has 6 heteroatoms. The van der Waals surface area contributed by atoms with Crippen LogP contribution in [0.5, 0.6) is 0 Å². The minimum Gasteiger partial charge on any atom is -0.366 e. The van der Waals surface area contributed by atoms with E-state index in [4.69, 9.17) is 21.3 Å². The van der Waals surface area contributed by atoms with Crippen LogP contribution >= 0.6 is 11.6 Å². The number of halogens is 1. The topological polar surface area (TPSA) is 43.2 Å². The Hall–Kier alpha value is -1.33. The Morgan fingerprint density at radius 2 is 2.14 bits per heavy atom. The lowest BCUT2D eigenvalue weighted by Gasteiger charge is -2.30. The van der Waals surface area contributed by atoms with E-state index in [1.165, 1.54) is 12.8 Å². The molecule has 0 amide bonds. The standard InChI is InChI=1S/C16H19ClN4O/c1-16(2)15-19-13-11(20(15)3-4-22-16)7-12(17)18-14(13)21-8-9-5-10(21)6-9/h7,9-10H,3-6,8H2,1-2H3. The molecule has 2 bridgehead atoms. The molecule has 0 atom stereocenters. The van der Waals surface area contributed by atoms with E-state index < -0.39 is 0 Å². The molecule has 6 rings (SSSR count). The lowest BCUT2D eigenvalue weighted by Crippen LogP contribution is -2.33. The van der Waals surface area contributed by atoms with Gasteiger partial charge in [0.15, 0.2) is 5.82 Å². The molecule has 0 spiro atoms. The first-order valence-electron chi connectivity index (χ1n) is 8.01. The van der Waals surface area contributed by atoms with Gasteiger partial charge in [0.1, 0.15) is 22.1 Å². The van der Waals surface area contributed by atoms with Crippen molar-refractivity contribution in [2.45, 2.75) is 44.9 Å². The smallest absolute Gasteiger partial charge is 0.158 e. The van der Waals surface area contributed by atoms with Crippen molar-refractivity contribution in [1.82, 2.24) is 14.5 Å². The van der Waals surface area contributed by atoms with Gasteiger partial charge in [0.25, 0.3) is 0 Å². The van der Waals surface area contributed by atoms with E-state index in [2.05, 4.69) is 28.3 Å². The fourth-order valence-corrected chi connectivity index (χ4v) is 4.39. The summed E-state index contributed by atoms with van der Waals surface area (Å²) in [6.45, 7) is 6.77. The zero-order chi connectivity index (χ0) is 15.1. The predicted molar refractivity (Wildman–Crippen MR) is 85.4 cm³/mol. The zero-order valence-electron chi connectivity index (χ0n) is 12.8. The van der Waals surface area contributed by atoms with Crippen LogP contribution in [0.1, 0.15) is 32.5 Å². The van der Waals surface area contributed by atoms with Crippen LogP contribution in [0.2, 0.25) is 5.15 Å². The molecule has 3 aliphatic heterocycles. The summed E-state index contributed by atoms with van der Waals surface area (Å²) in [6.07, 6.45) is 2.58. The molecule has 0 radical (unpaired) electrons. The van der Waals surface area contributed by atoms with Crippen molar-refractivity contribution in [3.05, 3.63) is 17.0 Å². The molecule has 1 saturated carbocycles. The lowest BCUT2D eigenvalue weighted by atomic mass is 9.86. The van der Waals surface area contributed by atoms with Crippen LogP contribution in [-0.2, 0) is 16.9 Å². The number of nitrogens with zero attached hydrogens (tertiary/aromatic N) is 4. The summed E-state index contributed by atoms with van der Waals surface area (Å²) in [7, 11) is 0. The zero-order valence-corrected chi connectivity index (χ0v) is 13.6. The average Bonchev–Trinajstić information content (AvgIpc) is 3.08. The maximum Gasteiger partial charge on any atom is 0.158 e. The van der Waals surface area contributed by atoms with Gasteiger partial charge in [-0.1, -0.05) is 11.6 Å². The van der Waals surface area contributed by atoms with Crippen LogP contribution in [0.4, 0.5) is 5.82 Å². The molecule has 2 aromatic rings. The molecular formula is C16H19ClN4O. The number of fused-ring (bicyclic) bond motifs is 4. The molecule has 0 aromatic carbocycles. The van der Waals surface area contributed by atoms with Gasteiger partial charge in [-0.25, -0.2) is 9.97 Å². The predicted octanol–water partition coefficient (Wildman–Crippen LogP) is 2.95. The summed E-state index contributed by atoms with van der Waals surface area (Å²) < 4.78 is 8.14. The normalized spacial score (nSPS) is 28.8. The molecule has 2 aromatic heterocycles. The van der Waals surface area contributed by atoms with Gasteiger partial charge in [-0.15, -0.1) is 0 Å². The van der Waals surface area contributed by atoms with Crippen LogP contribution in [0.25, 0.3) is 11.0 Å². The third kappa shape index (κ3) is 1.64. The Balaban J connectivity index is 1.76. The molecule has 1 aliphatic carbocycles. The highest BCUT2D eigenvalue weighted by molar-refractivity contribution is 6.30. The number of hydrogen-bond acceptors (Lipinski definition) is 4. The summed E-state index contributed by atoms with van der Waals surface area (Å²) >= 11 is 6.32. The van der Waals surface area contributed by atoms with Crippen molar-refractivity contribution in [1.29, 1.82) is 0 Å². The molecular weight excluding hydrogens is 300 g/mol. The Morgan fingerprint density at radius 3 is 2.86 bits per heavy atom. The van der Waals surface area contributed by atoms with Gasteiger partial charge in [-0.2, -0.15) is 0 Å². The second-order valence-electron chi connectivity index (χ2n) is 7.23. The van der Waals surface area contributed by atoms with E-state index >= 15 is 0 Å². The molecule has 0 unspecified atom stereocenters. The number of anilines is 1. The SMILES string of the molecule is CC1(C)OCCn2c1nc1c(N3CC4CC3C4)nc(Cl)cc12. The fourth-order valence-electron chi connectivity index (χ4n) is 4.21. The maximum atomic E-state index is 6.32. The number of imidazole rings is 1. The number of aromatic nitrogens is 3. The van der Waals surface area contributed by atoms with E-state index in [0.717, 1.165) is 41.7 Å². The Morgan fingerprint density at radius 1 is 1.32 bits per heavy atom. The third-order valence-electron chi connectivity index (χ3n) is 5.38. The largest absolute Gasteiger partial charge is 0.366 e. The average molecular weight is 319 g/mol. The number of rotatable bonds is 1. The van der Waals surface area contributed by atoms with Crippen LogP contribution < -0.4 is 4.90 Å². The molecule has 4 aliphatic rings. The summed E-state index contributed by atoms with van der Waals surface area (Å²) in [5.74, 6) is 2.77. The van der Waals surface area contributed by atoms with Crippen molar-refractivity contribution in [3.8, 4) is 0 Å². The second-order valence-corrected chi connectivity index (χ2v) is 7.61. The van der Waals surface area contributed by atoms with E-state index in [1.54, 1.807) is 0 Å². The monoisotopic (exact) mass is 318 g/mol. The van der Waals surface area contributed by atoms with Crippen LogP contribution in [0.3, 0.4) is 0 Å². The van der Waals surface area contributed by atoms with E-state index in [0.29, 0.717) is 17.8 Å². The van der Waals surface area contributed by atoms with Gasteiger partial charge in [0, 0.05) is 25.2 Å².